The lowest BCUT2D eigenvalue weighted by atomic mass is 10.3. The molecule has 1 aromatic heterocycles. The van der Waals surface area contributed by atoms with Gasteiger partial charge in [-0.1, -0.05) is 0 Å². The molecule has 0 aliphatic rings. The van der Waals surface area contributed by atoms with Crippen LogP contribution in [0.25, 0.3) is 0 Å². The maximum absolute atomic E-state index is 11.7. The van der Waals surface area contributed by atoms with Crippen LogP contribution in [0.15, 0.2) is 6.20 Å². The molecule has 0 fully saturated rings. The predicted molar refractivity (Wildman–Crippen MR) is 56.7 cm³/mol. The van der Waals surface area contributed by atoms with Gasteiger partial charge in [0.1, 0.15) is 12.2 Å². The van der Waals surface area contributed by atoms with E-state index in [-0.39, 0.29) is 17.9 Å². The highest BCUT2D eigenvalue weighted by Gasteiger charge is 2.16. The SMILES string of the molecule is CCn1ncc(N)c1C(=O)NCC(=O)OC. The van der Waals surface area contributed by atoms with E-state index in [0.29, 0.717) is 6.54 Å². The lowest BCUT2D eigenvalue weighted by Crippen LogP contribution is -2.32. The highest BCUT2D eigenvalue weighted by atomic mass is 16.5. The lowest BCUT2D eigenvalue weighted by molar-refractivity contribution is -0.139. The number of methoxy groups -OCH3 is 1. The molecule has 88 valence electrons. The number of aromatic nitrogens is 2. The highest BCUT2D eigenvalue weighted by molar-refractivity contribution is 5.98. The Hall–Kier alpha value is -2.05. The van der Waals surface area contributed by atoms with Crippen molar-refractivity contribution >= 4 is 17.6 Å². The van der Waals surface area contributed by atoms with E-state index in [1.807, 2.05) is 6.92 Å². The fraction of sp³-hybridized carbons (Fsp3) is 0.444. The number of nitrogens with zero attached hydrogens (tertiary/aromatic N) is 2. The Morgan fingerprint density at radius 2 is 2.31 bits per heavy atom. The van der Waals surface area contributed by atoms with Gasteiger partial charge < -0.3 is 15.8 Å². The number of anilines is 1. The Kier molecular flexibility index (Phi) is 3.87. The molecular weight excluding hydrogens is 212 g/mol. The Morgan fingerprint density at radius 1 is 1.62 bits per heavy atom. The van der Waals surface area contributed by atoms with E-state index in [9.17, 15) is 9.59 Å². The van der Waals surface area contributed by atoms with Crippen molar-refractivity contribution in [2.24, 2.45) is 0 Å². The molecule has 1 amide bonds. The summed E-state index contributed by atoms with van der Waals surface area (Å²) < 4.78 is 5.86. The molecular formula is C9H14N4O3. The molecule has 7 nitrogen and oxygen atoms in total. The molecule has 0 saturated carbocycles. The predicted octanol–water partition coefficient (Wildman–Crippen LogP) is -0.612. The van der Waals surface area contributed by atoms with Gasteiger partial charge in [0.2, 0.25) is 0 Å². The molecule has 0 aliphatic heterocycles. The first-order valence-electron chi connectivity index (χ1n) is 4.76. The van der Waals surface area contributed by atoms with Crippen LogP contribution in [0.5, 0.6) is 0 Å². The average molecular weight is 226 g/mol. The third kappa shape index (κ3) is 2.50. The van der Waals surface area contributed by atoms with Crippen LogP contribution in [0, 0.1) is 0 Å². The largest absolute Gasteiger partial charge is 0.468 e. The molecule has 0 radical (unpaired) electrons. The number of carbonyl (C=O) groups is 2. The number of rotatable bonds is 4. The van der Waals surface area contributed by atoms with E-state index < -0.39 is 11.9 Å². The highest BCUT2D eigenvalue weighted by Crippen LogP contribution is 2.09. The second-order valence-corrected chi connectivity index (χ2v) is 3.02. The van der Waals surface area contributed by atoms with Crippen molar-refractivity contribution in [1.29, 1.82) is 0 Å². The quantitative estimate of drug-likeness (QED) is 0.667. The van der Waals surface area contributed by atoms with Crippen molar-refractivity contribution < 1.29 is 14.3 Å². The molecule has 3 N–H and O–H groups in total. The third-order valence-corrected chi connectivity index (χ3v) is 2.00. The van der Waals surface area contributed by atoms with Gasteiger partial charge in [-0.3, -0.25) is 14.3 Å². The van der Waals surface area contributed by atoms with Crippen molar-refractivity contribution in [3.8, 4) is 0 Å². The number of hydrogen-bond donors (Lipinski definition) is 2. The van der Waals surface area contributed by atoms with Crippen LogP contribution in [-0.2, 0) is 16.1 Å². The van der Waals surface area contributed by atoms with E-state index in [1.165, 1.54) is 18.0 Å². The van der Waals surface area contributed by atoms with E-state index in [0.717, 1.165) is 0 Å². The summed E-state index contributed by atoms with van der Waals surface area (Å²) >= 11 is 0. The van der Waals surface area contributed by atoms with Crippen molar-refractivity contribution in [3.63, 3.8) is 0 Å². The van der Waals surface area contributed by atoms with E-state index >= 15 is 0 Å². The molecule has 1 heterocycles. The van der Waals surface area contributed by atoms with Gasteiger partial charge in [-0.2, -0.15) is 5.10 Å². The van der Waals surface area contributed by atoms with Gasteiger partial charge in [-0.05, 0) is 6.92 Å². The molecule has 16 heavy (non-hydrogen) atoms. The number of aryl methyl sites for hydroxylation is 1. The topological polar surface area (TPSA) is 99.2 Å². The van der Waals surface area contributed by atoms with Gasteiger partial charge in [-0.15, -0.1) is 0 Å². The Morgan fingerprint density at radius 3 is 2.88 bits per heavy atom. The molecule has 0 aliphatic carbocycles. The second kappa shape index (κ2) is 5.15. The monoisotopic (exact) mass is 226 g/mol. The molecule has 0 aromatic carbocycles. The number of carbonyl (C=O) groups excluding carboxylic acids is 2. The summed E-state index contributed by atoms with van der Waals surface area (Å²) in [6.45, 7) is 2.17. The first-order valence-corrected chi connectivity index (χ1v) is 4.76. The molecule has 1 rings (SSSR count). The fourth-order valence-electron chi connectivity index (χ4n) is 1.20. The zero-order valence-corrected chi connectivity index (χ0v) is 9.19. The van der Waals surface area contributed by atoms with Gasteiger partial charge >= 0.3 is 5.97 Å². The van der Waals surface area contributed by atoms with Gasteiger partial charge in [-0.25, -0.2) is 0 Å². The van der Waals surface area contributed by atoms with Crippen LogP contribution < -0.4 is 11.1 Å². The standard InChI is InChI=1S/C9H14N4O3/c1-3-13-8(6(10)4-12-13)9(15)11-5-7(14)16-2/h4H,3,5,10H2,1-2H3,(H,11,15). The zero-order chi connectivity index (χ0) is 12.1. The van der Waals surface area contributed by atoms with E-state index in [4.69, 9.17) is 5.73 Å². The number of esters is 1. The van der Waals surface area contributed by atoms with Crippen molar-refractivity contribution in [1.82, 2.24) is 15.1 Å². The molecule has 0 bridgehead atoms. The van der Waals surface area contributed by atoms with Crippen LogP contribution in [0.4, 0.5) is 5.69 Å². The van der Waals surface area contributed by atoms with Crippen LogP contribution in [0.3, 0.4) is 0 Å². The minimum absolute atomic E-state index is 0.191. The van der Waals surface area contributed by atoms with Crippen LogP contribution >= 0.6 is 0 Å². The van der Waals surface area contributed by atoms with Gasteiger partial charge in [0.05, 0.1) is 19.0 Å². The molecule has 0 atom stereocenters. The van der Waals surface area contributed by atoms with E-state index in [1.54, 1.807) is 0 Å². The molecule has 7 heteroatoms. The first-order chi connectivity index (χ1) is 7.60. The second-order valence-electron chi connectivity index (χ2n) is 3.02. The number of nitrogens with two attached hydrogens (primary N) is 1. The summed E-state index contributed by atoms with van der Waals surface area (Å²) in [6.07, 6.45) is 1.40. The van der Waals surface area contributed by atoms with Crippen molar-refractivity contribution in [3.05, 3.63) is 11.9 Å². The number of nitrogens with one attached hydrogen (secondary N) is 1. The van der Waals surface area contributed by atoms with Crippen molar-refractivity contribution in [2.75, 3.05) is 19.4 Å². The average Bonchev–Trinajstić information content (AvgIpc) is 2.66. The molecule has 0 saturated heterocycles. The normalized spacial score (nSPS) is 9.88. The summed E-state index contributed by atoms with van der Waals surface area (Å²) in [5.74, 6) is -0.961. The summed E-state index contributed by atoms with van der Waals surface area (Å²) in [5.41, 5.74) is 6.13. The van der Waals surface area contributed by atoms with Crippen LogP contribution in [0.2, 0.25) is 0 Å². The fourth-order valence-corrected chi connectivity index (χ4v) is 1.20. The van der Waals surface area contributed by atoms with Gasteiger partial charge in [0.25, 0.3) is 5.91 Å². The van der Waals surface area contributed by atoms with Gasteiger partial charge in [0.15, 0.2) is 0 Å². The van der Waals surface area contributed by atoms with E-state index in [2.05, 4.69) is 15.2 Å². The number of nitrogen functional groups attached to an aromatic ring is 1. The Balaban J connectivity index is 2.72. The maximum atomic E-state index is 11.7. The number of amides is 1. The zero-order valence-electron chi connectivity index (χ0n) is 9.19. The summed E-state index contributed by atoms with van der Waals surface area (Å²) in [4.78, 5) is 22.5. The summed E-state index contributed by atoms with van der Waals surface area (Å²) in [6, 6.07) is 0. The lowest BCUT2D eigenvalue weighted by Gasteiger charge is -2.06. The molecule has 0 unspecified atom stereocenters. The van der Waals surface area contributed by atoms with Gasteiger partial charge in [0, 0.05) is 6.54 Å². The maximum Gasteiger partial charge on any atom is 0.325 e. The minimum Gasteiger partial charge on any atom is -0.468 e. The van der Waals surface area contributed by atoms with Crippen molar-refractivity contribution in [2.45, 2.75) is 13.5 Å². The third-order valence-electron chi connectivity index (χ3n) is 2.00. The summed E-state index contributed by atoms with van der Waals surface area (Å²) in [5, 5.41) is 6.31. The smallest absolute Gasteiger partial charge is 0.325 e. The Labute approximate surface area is 92.6 Å². The first kappa shape index (κ1) is 12.0. The minimum atomic E-state index is -0.519. The van der Waals surface area contributed by atoms with Crippen LogP contribution in [-0.4, -0.2) is 35.3 Å². The molecule has 0 spiro atoms. The Bertz CT molecular complexity index is 399. The number of ether oxygens (including phenoxy) is 1. The number of hydrogen-bond acceptors (Lipinski definition) is 5. The summed E-state index contributed by atoms with van der Waals surface area (Å²) in [7, 11) is 1.25. The molecule has 1 aromatic rings. The van der Waals surface area contributed by atoms with Crippen LogP contribution in [0.1, 0.15) is 17.4 Å².